The molecule has 0 aliphatic carbocycles. The number of benzene rings is 1. The van der Waals surface area contributed by atoms with Crippen molar-refractivity contribution in [1.82, 2.24) is 10.2 Å². The monoisotopic (exact) mass is 342 g/mol. The molecule has 1 heterocycles. The lowest BCUT2D eigenvalue weighted by molar-refractivity contribution is -0.132. The first-order chi connectivity index (χ1) is 10.4. The summed E-state index contributed by atoms with van der Waals surface area (Å²) >= 11 is 11.7. The van der Waals surface area contributed by atoms with Crippen LogP contribution in [0.2, 0.25) is 10.0 Å². The van der Waals surface area contributed by atoms with Gasteiger partial charge >= 0.3 is 0 Å². The molecule has 1 aromatic rings. The van der Waals surface area contributed by atoms with E-state index in [0.29, 0.717) is 27.4 Å². The van der Waals surface area contributed by atoms with E-state index >= 15 is 0 Å². The molecule has 1 N–H and O–H groups in total. The van der Waals surface area contributed by atoms with E-state index in [9.17, 15) is 9.59 Å². The number of carbonyl (C=O) groups is 2. The summed E-state index contributed by atoms with van der Waals surface area (Å²) in [5.41, 5.74) is 0.391. The van der Waals surface area contributed by atoms with Gasteiger partial charge in [-0.05, 0) is 36.5 Å². The standard InChI is InChI=1S/C16H20Cl2N2O2/c1-10-5-11(2)9-20(8-10)15(21)7-19-16(22)12-3-4-13(17)14(18)6-12/h3-4,6,10-11H,5,7-9H2,1-2H3,(H,19,22). The molecule has 1 saturated heterocycles. The fraction of sp³-hybridized carbons (Fsp3) is 0.500. The highest BCUT2D eigenvalue weighted by Gasteiger charge is 2.25. The van der Waals surface area contributed by atoms with Crippen molar-refractivity contribution in [3.05, 3.63) is 33.8 Å². The number of hydrogen-bond acceptors (Lipinski definition) is 2. The van der Waals surface area contributed by atoms with Gasteiger partial charge in [0, 0.05) is 18.7 Å². The van der Waals surface area contributed by atoms with E-state index < -0.39 is 0 Å². The normalized spacial score (nSPS) is 21.5. The van der Waals surface area contributed by atoms with Gasteiger partial charge in [-0.3, -0.25) is 9.59 Å². The minimum atomic E-state index is -0.329. The molecule has 1 aromatic carbocycles. The first-order valence-electron chi connectivity index (χ1n) is 7.38. The maximum absolute atomic E-state index is 12.2. The van der Waals surface area contributed by atoms with E-state index in [4.69, 9.17) is 23.2 Å². The first-order valence-corrected chi connectivity index (χ1v) is 8.13. The number of likely N-dealkylation sites (tertiary alicyclic amines) is 1. The quantitative estimate of drug-likeness (QED) is 0.916. The van der Waals surface area contributed by atoms with Gasteiger partial charge in [0.1, 0.15) is 0 Å². The van der Waals surface area contributed by atoms with Crippen LogP contribution in [-0.2, 0) is 4.79 Å². The smallest absolute Gasteiger partial charge is 0.251 e. The van der Waals surface area contributed by atoms with Crippen LogP contribution in [-0.4, -0.2) is 36.3 Å². The summed E-state index contributed by atoms with van der Waals surface area (Å²) < 4.78 is 0. The van der Waals surface area contributed by atoms with E-state index in [2.05, 4.69) is 19.2 Å². The molecule has 0 bridgehead atoms. The van der Waals surface area contributed by atoms with Crippen LogP contribution in [0.4, 0.5) is 0 Å². The molecule has 4 nitrogen and oxygen atoms in total. The zero-order valence-electron chi connectivity index (χ0n) is 12.7. The molecule has 0 saturated carbocycles. The fourth-order valence-electron chi connectivity index (χ4n) is 2.87. The molecule has 1 aliphatic rings. The van der Waals surface area contributed by atoms with Gasteiger partial charge in [0.05, 0.1) is 16.6 Å². The van der Waals surface area contributed by atoms with Crippen molar-refractivity contribution in [2.75, 3.05) is 19.6 Å². The number of carbonyl (C=O) groups excluding carboxylic acids is 2. The van der Waals surface area contributed by atoms with Gasteiger partial charge in [-0.15, -0.1) is 0 Å². The Kier molecular flexibility index (Phi) is 5.70. The minimum absolute atomic E-state index is 0.00147. The number of halogens is 2. The third kappa shape index (κ3) is 4.37. The van der Waals surface area contributed by atoms with Crippen molar-refractivity contribution in [2.24, 2.45) is 11.8 Å². The molecule has 1 aliphatic heterocycles. The third-order valence-corrected chi connectivity index (χ3v) is 4.54. The minimum Gasteiger partial charge on any atom is -0.343 e. The van der Waals surface area contributed by atoms with Gasteiger partial charge in [-0.1, -0.05) is 37.0 Å². The molecule has 1 fully saturated rings. The van der Waals surface area contributed by atoms with Gasteiger partial charge in [-0.25, -0.2) is 0 Å². The van der Waals surface area contributed by atoms with E-state index in [0.717, 1.165) is 19.5 Å². The second-order valence-corrected chi connectivity index (χ2v) is 6.87. The molecule has 2 unspecified atom stereocenters. The number of amides is 2. The molecule has 6 heteroatoms. The number of rotatable bonds is 3. The van der Waals surface area contributed by atoms with Gasteiger partial charge in [0.15, 0.2) is 0 Å². The highest BCUT2D eigenvalue weighted by molar-refractivity contribution is 6.42. The zero-order chi connectivity index (χ0) is 16.3. The fourth-order valence-corrected chi connectivity index (χ4v) is 3.17. The summed E-state index contributed by atoms with van der Waals surface area (Å²) in [6, 6.07) is 4.64. The van der Waals surface area contributed by atoms with Crippen LogP contribution in [0.1, 0.15) is 30.6 Å². The Labute approximate surface area is 140 Å². The summed E-state index contributed by atoms with van der Waals surface area (Å²) in [6.45, 7) is 5.80. The van der Waals surface area contributed by atoms with Crippen LogP contribution in [0.5, 0.6) is 0 Å². The van der Waals surface area contributed by atoms with Crippen LogP contribution in [0.3, 0.4) is 0 Å². The largest absolute Gasteiger partial charge is 0.343 e. The number of piperidine rings is 1. The zero-order valence-corrected chi connectivity index (χ0v) is 14.2. The van der Waals surface area contributed by atoms with Gasteiger partial charge in [-0.2, -0.15) is 0 Å². The van der Waals surface area contributed by atoms with E-state index in [-0.39, 0.29) is 18.4 Å². The summed E-state index contributed by atoms with van der Waals surface area (Å²) in [6.07, 6.45) is 1.14. The molecule has 0 radical (unpaired) electrons. The van der Waals surface area contributed by atoms with Gasteiger partial charge in [0.25, 0.3) is 5.91 Å². The van der Waals surface area contributed by atoms with Gasteiger partial charge < -0.3 is 10.2 Å². The Morgan fingerprint density at radius 3 is 2.41 bits per heavy atom. The van der Waals surface area contributed by atoms with Crippen molar-refractivity contribution in [1.29, 1.82) is 0 Å². The van der Waals surface area contributed by atoms with Crippen molar-refractivity contribution >= 4 is 35.0 Å². The molecular weight excluding hydrogens is 323 g/mol. The summed E-state index contributed by atoms with van der Waals surface area (Å²) in [5, 5.41) is 3.35. The molecule has 2 amide bonds. The van der Waals surface area contributed by atoms with Crippen molar-refractivity contribution < 1.29 is 9.59 Å². The van der Waals surface area contributed by atoms with E-state index in [1.54, 1.807) is 12.1 Å². The van der Waals surface area contributed by atoms with Crippen LogP contribution in [0.15, 0.2) is 18.2 Å². The lowest BCUT2D eigenvalue weighted by atomic mass is 9.92. The summed E-state index contributed by atoms with van der Waals surface area (Å²) in [7, 11) is 0. The topological polar surface area (TPSA) is 49.4 Å². The van der Waals surface area contributed by atoms with Crippen LogP contribution in [0.25, 0.3) is 0 Å². The number of hydrogen-bond donors (Lipinski definition) is 1. The summed E-state index contributed by atoms with van der Waals surface area (Å²) in [4.78, 5) is 26.1. The SMILES string of the molecule is CC1CC(C)CN(C(=O)CNC(=O)c2ccc(Cl)c(Cl)c2)C1. The molecular formula is C16H20Cl2N2O2. The molecule has 0 spiro atoms. The maximum Gasteiger partial charge on any atom is 0.251 e. The summed E-state index contributed by atoms with van der Waals surface area (Å²) in [5.74, 6) is 0.619. The molecule has 2 atom stereocenters. The number of nitrogens with one attached hydrogen (secondary N) is 1. The second-order valence-electron chi connectivity index (χ2n) is 6.06. The predicted octanol–water partition coefficient (Wildman–Crippen LogP) is 3.23. The Morgan fingerprint density at radius 1 is 1.18 bits per heavy atom. The van der Waals surface area contributed by atoms with Crippen molar-refractivity contribution in [2.45, 2.75) is 20.3 Å². The van der Waals surface area contributed by atoms with Crippen LogP contribution in [0, 0.1) is 11.8 Å². The number of nitrogens with zero attached hydrogens (tertiary/aromatic N) is 1. The second kappa shape index (κ2) is 7.34. The van der Waals surface area contributed by atoms with Crippen LogP contribution >= 0.6 is 23.2 Å². The lowest BCUT2D eigenvalue weighted by Crippen LogP contribution is -2.46. The maximum atomic E-state index is 12.2. The molecule has 0 aromatic heterocycles. The van der Waals surface area contributed by atoms with Crippen molar-refractivity contribution in [3.8, 4) is 0 Å². The van der Waals surface area contributed by atoms with Gasteiger partial charge in [0.2, 0.25) is 5.91 Å². The van der Waals surface area contributed by atoms with Crippen LogP contribution < -0.4 is 5.32 Å². The highest BCUT2D eigenvalue weighted by Crippen LogP contribution is 2.23. The predicted molar refractivity (Wildman–Crippen MR) is 88.3 cm³/mol. The Hall–Kier alpha value is -1.26. The Balaban J connectivity index is 1.90. The lowest BCUT2D eigenvalue weighted by Gasteiger charge is -2.35. The molecule has 120 valence electrons. The van der Waals surface area contributed by atoms with Crippen molar-refractivity contribution in [3.63, 3.8) is 0 Å². The third-order valence-electron chi connectivity index (χ3n) is 3.80. The highest BCUT2D eigenvalue weighted by atomic mass is 35.5. The first kappa shape index (κ1) is 17.1. The average Bonchev–Trinajstić information content (AvgIpc) is 2.46. The Morgan fingerprint density at radius 2 is 1.82 bits per heavy atom. The molecule has 2 rings (SSSR count). The molecule has 22 heavy (non-hydrogen) atoms. The average molecular weight is 343 g/mol. The van der Waals surface area contributed by atoms with E-state index in [1.165, 1.54) is 6.07 Å². The Bertz CT molecular complexity index is 567. The van der Waals surface area contributed by atoms with E-state index in [1.807, 2.05) is 4.90 Å².